The highest BCUT2D eigenvalue weighted by molar-refractivity contribution is 7.46. The van der Waals surface area contributed by atoms with E-state index in [0.717, 1.165) is 0 Å². The van der Waals surface area contributed by atoms with Gasteiger partial charge in [-0.05, 0) is 0 Å². The minimum atomic E-state index is -4.64. The molecule has 24 heavy (non-hydrogen) atoms. The van der Waals surface area contributed by atoms with Crippen LogP contribution in [0.4, 0.5) is 5.82 Å². The smallest absolute Gasteiger partial charge is 0.390 e. The van der Waals surface area contributed by atoms with Crippen LogP contribution in [0.2, 0.25) is 0 Å². The number of fused-ring (bicyclic) bond motifs is 1. The minimum absolute atomic E-state index is 0.149. The summed E-state index contributed by atoms with van der Waals surface area (Å²) in [4.78, 5) is 25.8. The molecule has 1 aromatic heterocycles. The number of aliphatic imine (C=N–C) groups is 1. The van der Waals surface area contributed by atoms with E-state index in [1.165, 1.54) is 13.4 Å². The molecule has 1 unspecified atom stereocenters. The van der Waals surface area contributed by atoms with Gasteiger partial charge in [-0.1, -0.05) is 0 Å². The fourth-order valence-corrected chi connectivity index (χ4v) is 2.96. The molecule has 0 radical (unpaired) electrons. The first kappa shape index (κ1) is 17.3. The fourth-order valence-electron chi connectivity index (χ4n) is 2.62. The zero-order chi connectivity index (χ0) is 17.5. The van der Waals surface area contributed by atoms with Crippen molar-refractivity contribution in [1.82, 2.24) is 9.55 Å². The molecule has 1 aromatic rings. The van der Waals surface area contributed by atoms with Gasteiger partial charge in [-0.15, -0.1) is 0 Å². The second kappa shape index (κ2) is 6.41. The van der Waals surface area contributed by atoms with Gasteiger partial charge in [0.2, 0.25) is 0 Å². The van der Waals surface area contributed by atoms with Crippen molar-refractivity contribution in [1.29, 1.82) is 0 Å². The summed E-state index contributed by atoms with van der Waals surface area (Å²) in [5, 5.41) is 12.9. The maximum absolute atomic E-state index is 10.8. The average molecular weight is 363 g/mol. The van der Waals surface area contributed by atoms with Gasteiger partial charge in [-0.2, -0.15) is 0 Å². The molecule has 0 saturated carbocycles. The van der Waals surface area contributed by atoms with Crippen molar-refractivity contribution >= 4 is 19.6 Å². The van der Waals surface area contributed by atoms with Crippen molar-refractivity contribution in [3.63, 3.8) is 0 Å². The topological polar surface area (TPSA) is 174 Å². The SMILES string of the molecule is COC1N=C(N)Nc2c1ncn2[C@H]1C[C@H](O)[C@@H](COP(=O)(O)O)O1. The number of guanidine groups is 1. The van der Waals surface area contributed by atoms with Gasteiger partial charge in [-0.3, -0.25) is 9.09 Å². The molecule has 13 heteroatoms. The quantitative estimate of drug-likeness (QED) is 0.409. The number of nitrogens with zero attached hydrogens (tertiary/aromatic N) is 3. The molecule has 0 amide bonds. The van der Waals surface area contributed by atoms with Gasteiger partial charge < -0.3 is 35.4 Å². The highest BCUT2D eigenvalue weighted by Crippen LogP contribution is 2.39. The number of aromatic nitrogens is 2. The molecular weight excluding hydrogens is 345 g/mol. The summed E-state index contributed by atoms with van der Waals surface area (Å²) in [5.74, 6) is 0.666. The molecule has 0 spiro atoms. The molecule has 1 fully saturated rings. The van der Waals surface area contributed by atoms with Gasteiger partial charge in [0, 0.05) is 13.5 Å². The van der Waals surface area contributed by atoms with Crippen LogP contribution < -0.4 is 11.1 Å². The molecule has 1 saturated heterocycles. The van der Waals surface area contributed by atoms with E-state index in [1.807, 2.05) is 0 Å². The van der Waals surface area contributed by atoms with Crippen LogP contribution in [0.1, 0.15) is 24.6 Å². The number of methoxy groups -OCH3 is 1. The van der Waals surface area contributed by atoms with Crippen molar-refractivity contribution in [2.24, 2.45) is 10.7 Å². The molecule has 12 nitrogen and oxygen atoms in total. The van der Waals surface area contributed by atoms with Crippen molar-refractivity contribution in [3.8, 4) is 0 Å². The third-order valence-electron chi connectivity index (χ3n) is 3.70. The second-order valence-electron chi connectivity index (χ2n) is 5.33. The fraction of sp³-hybridized carbons (Fsp3) is 0.636. The van der Waals surface area contributed by atoms with Crippen LogP contribution in [-0.2, 0) is 18.6 Å². The number of phosphoric ester groups is 1. The van der Waals surface area contributed by atoms with Crippen LogP contribution in [0.3, 0.4) is 0 Å². The van der Waals surface area contributed by atoms with E-state index in [4.69, 9.17) is 25.0 Å². The Balaban J connectivity index is 1.75. The van der Waals surface area contributed by atoms with E-state index >= 15 is 0 Å². The van der Waals surface area contributed by atoms with Gasteiger partial charge in [0.1, 0.15) is 23.8 Å². The maximum atomic E-state index is 10.8. The number of aliphatic hydroxyl groups excluding tert-OH is 1. The van der Waals surface area contributed by atoms with E-state index in [-0.39, 0.29) is 12.4 Å². The summed E-state index contributed by atoms with van der Waals surface area (Å²) >= 11 is 0. The predicted octanol–water partition coefficient (Wildman–Crippen LogP) is -0.974. The molecule has 2 aliphatic heterocycles. The number of anilines is 1. The minimum Gasteiger partial charge on any atom is -0.390 e. The van der Waals surface area contributed by atoms with E-state index in [9.17, 15) is 9.67 Å². The first-order chi connectivity index (χ1) is 11.3. The molecule has 3 heterocycles. The lowest BCUT2D eigenvalue weighted by Gasteiger charge is -2.22. The Morgan fingerprint density at radius 1 is 1.58 bits per heavy atom. The first-order valence-electron chi connectivity index (χ1n) is 7.02. The normalized spacial score (nSPS) is 29.9. The molecule has 0 bridgehead atoms. The van der Waals surface area contributed by atoms with E-state index < -0.39 is 39.1 Å². The summed E-state index contributed by atoms with van der Waals surface area (Å²) < 4.78 is 27.6. The molecule has 0 aliphatic carbocycles. The van der Waals surface area contributed by atoms with E-state index in [2.05, 4.69) is 19.8 Å². The summed E-state index contributed by atoms with van der Waals surface area (Å²) in [7, 11) is -3.16. The third kappa shape index (κ3) is 3.44. The predicted molar refractivity (Wildman–Crippen MR) is 79.8 cm³/mol. The Morgan fingerprint density at radius 3 is 3.00 bits per heavy atom. The van der Waals surface area contributed by atoms with Crippen molar-refractivity contribution < 1.29 is 33.5 Å². The van der Waals surface area contributed by atoms with Crippen LogP contribution >= 0.6 is 7.82 Å². The number of ether oxygens (including phenoxy) is 2. The number of nitrogens with two attached hydrogens (primary N) is 1. The zero-order valence-corrected chi connectivity index (χ0v) is 13.5. The molecule has 4 atom stereocenters. The second-order valence-corrected chi connectivity index (χ2v) is 6.57. The average Bonchev–Trinajstić information content (AvgIpc) is 3.06. The monoisotopic (exact) mass is 363 g/mol. The number of rotatable bonds is 5. The molecule has 0 aromatic carbocycles. The van der Waals surface area contributed by atoms with Gasteiger partial charge in [0.15, 0.2) is 12.2 Å². The number of hydrogen-bond acceptors (Lipinski definition) is 9. The lowest BCUT2D eigenvalue weighted by Crippen LogP contribution is -2.30. The Hall–Kier alpha value is -1.53. The number of hydrogen-bond donors (Lipinski definition) is 5. The molecule has 134 valence electrons. The lowest BCUT2D eigenvalue weighted by atomic mass is 10.2. The van der Waals surface area contributed by atoms with Gasteiger partial charge >= 0.3 is 7.82 Å². The summed E-state index contributed by atoms with van der Waals surface area (Å²) in [6.45, 7) is -0.434. The zero-order valence-electron chi connectivity index (χ0n) is 12.6. The molecule has 2 aliphatic rings. The van der Waals surface area contributed by atoms with E-state index in [0.29, 0.717) is 11.5 Å². The maximum Gasteiger partial charge on any atom is 0.469 e. The Morgan fingerprint density at radius 2 is 2.33 bits per heavy atom. The third-order valence-corrected chi connectivity index (χ3v) is 4.19. The standard InChI is InChI=1S/C11H18N5O7P/c1-21-10-8-9(14-11(12)15-10)16(4-13-8)7-2-5(17)6(23-7)3-22-24(18,19)20/h4-7,10,17H,2-3H2,1H3,(H3,12,14,15)(H2,18,19,20)/t5-,6+,7+,10?/m0/s1. The van der Waals surface area contributed by atoms with Crippen LogP contribution in [0.15, 0.2) is 11.3 Å². The van der Waals surface area contributed by atoms with Crippen LogP contribution in [0.25, 0.3) is 0 Å². The number of imidazole rings is 1. The summed E-state index contributed by atoms with van der Waals surface area (Å²) in [6, 6.07) is 0. The van der Waals surface area contributed by atoms with Crippen LogP contribution in [0, 0.1) is 0 Å². The van der Waals surface area contributed by atoms with Crippen LogP contribution in [0.5, 0.6) is 0 Å². The summed E-state index contributed by atoms with van der Waals surface area (Å²) in [6.07, 6.45) is -1.42. The molecular formula is C11H18N5O7P. The van der Waals surface area contributed by atoms with Crippen molar-refractivity contribution in [2.75, 3.05) is 19.0 Å². The highest BCUT2D eigenvalue weighted by Gasteiger charge is 2.38. The van der Waals surface area contributed by atoms with Gasteiger partial charge in [-0.25, -0.2) is 14.5 Å². The first-order valence-corrected chi connectivity index (χ1v) is 8.55. The highest BCUT2D eigenvalue weighted by atomic mass is 31.2. The Labute approximate surface area is 136 Å². The van der Waals surface area contributed by atoms with Gasteiger partial charge in [0.25, 0.3) is 0 Å². The number of aliphatic hydroxyl groups is 1. The van der Waals surface area contributed by atoms with E-state index in [1.54, 1.807) is 4.57 Å². The Kier molecular flexibility index (Phi) is 4.62. The summed E-state index contributed by atoms with van der Waals surface area (Å²) in [5.41, 5.74) is 6.23. The van der Waals surface area contributed by atoms with Crippen molar-refractivity contribution in [2.45, 2.75) is 31.1 Å². The number of nitrogens with one attached hydrogen (secondary N) is 1. The molecule has 6 N–H and O–H groups in total. The largest absolute Gasteiger partial charge is 0.469 e. The van der Waals surface area contributed by atoms with Crippen LogP contribution in [-0.4, -0.2) is 56.3 Å². The Bertz CT molecular complexity index is 688. The van der Waals surface area contributed by atoms with Crippen molar-refractivity contribution in [3.05, 3.63) is 12.0 Å². The molecule has 3 rings (SSSR count). The number of phosphoric acid groups is 1. The van der Waals surface area contributed by atoms with Gasteiger partial charge in [0.05, 0.1) is 19.0 Å². The lowest BCUT2D eigenvalue weighted by molar-refractivity contribution is -0.0429.